The van der Waals surface area contributed by atoms with Crippen molar-refractivity contribution in [3.63, 3.8) is 0 Å². The van der Waals surface area contributed by atoms with Gasteiger partial charge in [-0.1, -0.05) is 0 Å². The maximum atomic E-state index is 6.42. The van der Waals surface area contributed by atoms with Crippen molar-refractivity contribution in [1.29, 1.82) is 0 Å². The second kappa shape index (κ2) is 11.5. The van der Waals surface area contributed by atoms with Crippen LogP contribution < -0.4 is 12.4 Å². The second-order valence-corrected chi connectivity index (χ2v) is 9.27. The van der Waals surface area contributed by atoms with Gasteiger partial charge in [-0.3, -0.25) is 0 Å². The Morgan fingerprint density at radius 1 is 0.435 bits per heavy atom. The Bertz CT molecular complexity index is 253. The molecule has 0 aromatic rings. The molecule has 0 spiro atoms. The zero-order valence-electron chi connectivity index (χ0n) is 14.4. The largest absolute Gasteiger partial charge is 1.00 e. The fourth-order valence-corrected chi connectivity index (χ4v) is 6.68. The molecular weight excluding hydrogens is 348 g/mol. The van der Waals surface area contributed by atoms with Gasteiger partial charge in [0.25, 0.3) is 0 Å². The van der Waals surface area contributed by atoms with E-state index in [-0.39, 0.29) is 12.4 Å². The molecule has 3 rings (SSSR count). The average Bonchev–Trinajstić information content (AvgIpc) is 2.57. The van der Waals surface area contributed by atoms with Crippen LogP contribution in [-0.4, -0.2) is 18.3 Å². The Balaban J connectivity index is 0.00000192. The molecule has 0 aromatic heterocycles. The summed E-state index contributed by atoms with van der Waals surface area (Å²) in [5, 5.41) is 0. The number of hydrogen-bond donors (Lipinski definition) is 0. The van der Waals surface area contributed by atoms with Gasteiger partial charge in [-0.2, -0.15) is 0 Å². The molecule has 0 aliphatic heterocycles. The normalized spacial score (nSPS) is 25.0. The summed E-state index contributed by atoms with van der Waals surface area (Å²) >= 11 is -2.26. The SMILES string of the molecule is C1CCC([O][Ti+]([O]C2CCCCC2)[O]C2CCCCC2)CC1.[Cl-]. The van der Waals surface area contributed by atoms with Crippen molar-refractivity contribution < 1.29 is 41.4 Å². The minimum Gasteiger partial charge on any atom is -1.00 e. The molecule has 0 unspecified atom stereocenters. The first-order valence-electron chi connectivity index (χ1n) is 9.77. The molecule has 134 valence electrons. The Morgan fingerprint density at radius 3 is 0.957 bits per heavy atom. The molecule has 0 amide bonds. The van der Waals surface area contributed by atoms with E-state index in [1.807, 2.05) is 0 Å². The van der Waals surface area contributed by atoms with Crippen LogP contribution in [0, 0.1) is 0 Å². The van der Waals surface area contributed by atoms with Crippen LogP contribution in [-0.2, 0) is 29.0 Å². The molecule has 0 bridgehead atoms. The van der Waals surface area contributed by atoms with Gasteiger partial charge in [0, 0.05) is 0 Å². The minimum atomic E-state index is -2.26. The number of hydrogen-bond acceptors (Lipinski definition) is 3. The van der Waals surface area contributed by atoms with Gasteiger partial charge in [-0.05, 0) is 0 Å². The summed E-state index contributed by atoms with van der Waals surface area (Å²) in [5.74, 6) is 0. The molecule has 3 saturated carbocycles. The monoisotopic (exact) mass is 380 g/mol. The molecule has 0 saturated heterocycles. The third-order valence-corrected chi connectivity index (χ3v) is 7.91. The summed E-state index contributed by atoms with van der Waals surface area (Å²) in [6.07, 6.45) is 20.7. The van der Waals surface area contributed by atoms with E-state index in [0.717, 1.165) is 0 Å². The van der Waals surface area contributed by atoms with E-state index in [0.29, 0.717) is 18.3 Å². The standard InChI is InChI=1S/3C6H11O.ClH.Ti/c3*7-6-4-2-1-3-5-6;;/h3*6H,1-5H2;1H;/q3*-1;;+4/p-1. The first-order chi connectivity index (χ1) is 10.9. The van der Waals surface area contributed by atoms with Crippen LogP contribution in [0.5, 0.6) is 0 Å². The van der Waals surface area contributed by atoms with Crippen molar-refractivity contribution in [3.8, 4) is 0 Å². The predicted octanol–water partition coefficient (Wildman–Crippen LogP) is 2.40. The van der Waals surface area contributed by atoms with Crippen molar-refractivity contribution in [2.75, 3.05) is 0 Å². The molecule has 3 fully saturated rings. The third kappa shape index (κ3) is 7.34. The summed E-state index contributed by atoms with van der Waals surface area (Å²) < 4.78 is 19.3. The van der Waals surface area contributed by atoms with Gasteiger partial charge < -0.3 is 12.4 Å². The maximum Gasteiger partial charge on any atom is -1.00 e. The fraction of sp³-hybridized carbons (Fsp3) is 1.00. The molecule has 0 N–H and O–H groups in total. The maximum absolute atomic E-state index is 6.42. The average molecular weight is 381 g/mol. The van der Waals surface area contributed by atoms with Gasteiger partial charge in [0.05, 0.1) is 0 Å². The summed E-state index contributed by atoms with van der Waals surface area (Å²) in [7, 11) is 0. The molecule has 3 nitrogen and oxygen atoms in total. The van der Waals surface area contributed by atoms with Crippen molar-refractivity contribution >= 4 is 0 Å². The zero-order chi connectivity index (χ0) is 15.0. The summed E-state index contributed by atoms with van der Waals surface area (Å²) in [4.78, 5) is 0. The van der Waals surface area contributed by atoms with E-state index in [4.69, 9.17) is 9.96 Å². The smallest absolute Gasteiger partial charge is 1.00 e. The van der Waals surface area contributed by atoms with Crippen molar-refractivity contribution in [3.05, 3.63) is 0 Å². The van der Waals surface area contributed by atoms with Crippen molar-refractivity contribution in [2.45, 2.75) is 115 Å². The predicted molar refractivity (Wildman–Crippen MR) is 83.9 cm³/mol. The molecule has 3 aliphatic rings. The van der Waals surface area contributed by atoms with Crippen LogP contribution in [0.25, 0.3) is 0 Å². The molecule has 5 heteroatoms. The van der Waals surface area contributed by atoms with Crippen LogP contribution in [0.1, 0.15) is 96.3 Å². The van der Waals surface area contributed by atoms with E-state index in [1.54, 1.807) is 0 Å². The van der Waals surface area contributed by atoms with E-state index >= 15 is 0 Å². The minimum absolute atomic E-state index is 0. The Kier molecular flexibility index (Phi) is 10.1. The van der Waals surface area contributed by atoms with Gasteiger partial charge in [0.2, 0.25) is 0 Å². The zero-order valence-corrected chi connectivity index (χ0v) is 16.8. The molecular formula is C18H33ClO3Ti. The summed E-state index contributed by atoms with van der Waals surface area (Å²) in [5.41, 5.74) is 0. The fourth-order valence-electron chi connectivity index (χ4n) is 4.04. The van der Waals surface area contributed by atoms with Gasteiger partial charge in [0.1, 0.15) is 0 Å². The number of halogens is 1. The molecule has 0 radical (unpaired) electrons. The van der Waals surface area contributed by atoms with Gasteiger partial charge in [-0.15, -0.1) is 0 Å². The van der Waals surface area contributed by atoms with E-state index in [9.17, 15) is 0 Å². The van der Waals surface area contributed by atoms with Crippen LogP contribution in [0.3, 0.4) is 0 Å². The van der Waals surface area contributed by atoms with Crippen LogP contribution in [0.2, 0.25) is 0 Å². The second-order valence-electron chi connectivity index (χ2n) is 7.38. The first kappa shape index (κ1) is 20.2. The third-order valence-electron chi connectivity index (χ3n) is 5.45. The molecule has 23 heavy (non-hydrogen) atoms. The van der Waals surface area contributed by atoms with E-state index < -0.39 is 19.0 Å². The Labute approximate surface area is 155 Å². The molecule has 3 aliphatic carbocycles. The molecule has 0 heterocycles. The number of rotatable bonds is 6. The van der Waals surface area contributed by atoms with Crippen LogP contribution in [0.4, 0.5) is 0 Å². The first-order valence-corrected chi connectivity index (χ1v) is 11.7. The van der Waals surface area contributed by atoms with Crippen molar-refractivity contribution in [2.24, 2.45) is 0 Å². The van der Waals surface area contributed by atoms with Crippen LogP contribution in [0.15, 0.2) is 0 Å². The van der Waals surface area contributed by atoms with E-state index in [1.165, 1.54) is 96.3 Å². The quantitative estimate of drug-likeness (QED) is 0.662. The topological polar surface area (TPSA) is 27.7 Å². The Morgan fingerprint density at radius 2 is 0.696 bits per heavy atom. The van der Waals surface area contributed by atoms with Gasteiger partial charge in [-0.25, -0.2) is 0 Å². The Hall–Kier alpha value is 0.884. The van der Waals surface area contributed by atoms with E-state index in [2.05, 4.69) is 0 Å². The molecule has 0 atom stereocenters. The van der Waals surface area contributed by atoms with Gasteiger partial charge >= 0.3 is 144 Å². The van der Waals surface area contributed by atoms with Crippen molar-refractivity contribution in [1.82, 2.24) is 0 Å². The van der Waals surface area contributed by atoms with Crippen LogP contribution >= 0.6 is 0 Å². The summed E-state index contributed by atoms with van der Waals surface area (Å²) in [6.45, 7) is 0. The van der Waals surface area contributed by atoms with Gasteiger partial charge in [0.15, 0.2) is 0 Å². The molecule has 0 aromatic carbocycles. The summed E-state index contributed by atoms with van der Waals surface area (Å²) in [6, 6.07) is 0.